The molecule has 0 aromatic carbocycles. The Morgan fingerprint density at radius 3 is 2.92 bits per heavy atom. The smallest absolute Gasteiger partial charge is 0.243 e. The number of imidazole rings is 1. The van der Waals surface area contributed by atoms with Crippen LogP contribution in [0.4, 0.5) is 0 Å². The molecule has 0 spiro atoms. The van der Waals surface area contributed by atoms with Crippen molar-refractivity contribution in [1.29, 1.82) is 0 Å². The van der Waals surface area contributed by atoms with E-state index >= 15 is 0 Å². The van der Waals surface area contributed by atoms with Crippen LogP contribution < -0.4 is 4.40 Å². The molecule has 0 saturated heterocycles. The number of nitrogens with zero attached hydrogens (tertiary/aromatic N) is 1. The lowest BCUT2D eigenvalue weighted by molar-refractivity contribution is -0.510. The molecule has 62 valence electrons. The van der Waals surface area contributed by atoms with Gasteiger partial charge >= 0.3 is 0 Å². The van der Waals surface area contributed by atoms with Crippen LogP contribution in [0.2, 0.25) is 0 Å². The summed E-state index contributed by atoms with van der Waals surface area (Å²) in [4.78, 5) is 3.18. The first-order valence-corrected chi connectivity index (χ1v) is 4.25. The maximum absolute atomic E-state index is 3.18. The molecule has 2 heteroatoms. The highest BCUT2D eigenvalue weighted by Crippen LogP contribution is 2.12. The van der Waals surface area contributed by atoms with Crippen molar-refractivity contribution in [3.05, 3.63) is 36.3 Å². The zero-order valence-corrected chi connectivity index (χ0v) is 7.41. The highest BCUT2D eigenvalue weighted by atomic mass is 15.0. The molecule has 0 radical (unpaired) electrons. The van der Waals surface area contributed by atoms with E-state index < -0.39 is 0 Å². The van der Waals surface area contributed by atoms with Crippen LogP contribution in [0, 0.1) is 0 Å². The molecule has 0 atom stereocenters. The van der Waals surface area contributed by atoms with Crippen LogP contribution in [-0.4, -0.2) is 4.98 Å². The van der Waals surface area contributed by atoms with Crippen molar-refractivity contribution in [3.63, 3.8) is 0 Å². The van der Waals surface area contributed by atoms with Gasteiger partial charge in [0.15, 0.2) is 0 Å². The average molecular weight is 161 g/mol. The zero-order valence-electron chi connectivity index (χ0n) is 7.41. The van der Waals surface area contributed by atoms with E-state index in [4.69, 9.17) is 0 Å². The number of fused-ring (bicyclic) bond motifs is 1. The molecule has 2 heterocycles. The summed E-state index contributed by atoms with van der Waals surface area (Å²) in [5, 5.41) is 0. The fourth-order valence-corrected chi connectivity index (χ4v) is 1.34. The lowest BCUT2D eigenvalue weighted by Crippen LogP contribution is -2.17. The Labute approximate surface area is 71.9 Å². The number of hydrogen-bond acceptors (Lipinski definition) is 0. The Bertz CT molecular complexity index is 387. The van der Waals surface area contributed by atoms with Crippen molar-refractivity contribution in [2.45, 2.75) is 19.8 Å². The summed E-state index contributed by atoms with van der Waals surface area (Å²) in [6.07, 6.45) is 6.04. The second-order valence-electron chi connectivity index (χ2n) is 3.37. The van der Waals surface area contributed by atoms with Crippen molar-refractivity contribution >= 4 is 5.65 Å². The molecule has 0 aliphatic carbocycles. The Morgan fingerprint density at radius 1 is 1.33 bits per heavy atom. The van der Waals surface area contributed by atoms with Gasteiger partial charge in [-0.15, -0.1) is 0 Å². The molecule has 2 aromatic rings. The van der Waals surface area contributed by atoms with Crippen LogP contribution in [-0.2, 0) is 0 Å². The van der Waals surface area contributed by atoms with Crippen molar-refractivity contribution in [2.24, 2.45) is 0 Å². The second-order valence-corrected chi connectivity index (χ2v) is 3.37. The van der Waals surface area contributed by atoms with E-state index in [0.717, 1.165) is 5.65 Å². The molecule has 0 bridgehead atoms. The maximum atomic E-state index is 3.18. The minimum atomic E-state index is 0.596. The Morgan fingerprint density at radius 2 is 2.17 bits per heavy atom. The van der Waals surface area contributed by atoms with Gasteiger partial charge in [0.25, 0.3) is 5.65 Å². The summed E-state index contributed by atoms with van der Waals surface area (Å²) in [6, 6.07) is 4.34. The Balaban J connectivity index is 2.60. The van der Waals surface area contributed by atoms with E-state index in [9.17, 15) is 0 Å². The maximum Gasteiger partial charge on any atom is 0.284 e. The molecular formula is C10H13N2+. The molecule has 0 aliphatic rings. The van der Waals surface area contributed by atoms with Crippen molar-refractivity contribution in [2.75, 3.05) is 0 Å². The van der Waals surface area contributed by atoms with E-state index in [2.05, 4.69) is 41.6 Å². The monoisotopic (exact) mass is 161 g/mol. The second kappa shape index (κ2) is 2.63. The van der Waals surface area contributed by atoms with Gasteiger partial charge in [-0.05, 0) is 17.5 Å². The molecule has 0 saturated carbocycles. The first kappa shape index (κ1) is 7.35. The summed E-state index contributed by atoms with van der Waals surface area (Å²) >= 11 is 0. The van der Waals surface area contributed by atoms with Gasteiger partial charge < -0.3 is 0 Å². The van der Waals surface area contributed by atoms with Crippen LogP contribution in [0.1, 0.15) is 25.3 Å². The number of aromatic amines is 1. The van der Waals surface area contributed by atoms with E-state index in [-0.39, 0.29) is 0 Å². The Hall–Kier alpha value is -1.31. The van der Waals surface area contributed by atoms with Gasteiger partial charge in [0.1, 0.15) is 12.4 Å². The molecule has 0 unspecified atom stereocenters. The standard InChI is InChI=1S/C10H12N2/c1-8(2)9-3-5-12-6-4-11-10(12)7-9/h3-8H,1-2H3/p+1. The summed E-state index contributed by atoms with van der Waals surface area (Å²) in [7, 11) is 0. The zero-order chi connectivity index (χ0) is 8.55. The quantitative estimate of drug-likeness (QED) is 0.616. The molecule has 2 aromatic heterocycles. The van der Waals surface area contributed by atoms with Crippen LogP contribution in [0.5, 0.6) is 0 Å². The van der Waals surface area contributed by atoms with Gasteiger partial charge in [0, 0.05) is 6.07 Å². The van der Waals surface area contributed by atoms with Crippen LogP contribution in [0.25, 0.3) is 5.65 Å². The normalized spacial score (nSPS) is 11.2. The number of H-pyrrole nitrogens is 1. The van der Waals surface area contributed by atoms with Gasteiger partial charge in [-0.2, -0.15) is 0 Å². The lowest BCUT2D eigenvalue weighted by Gasteiger charge is -2.01. The number of pyridine rings is 1. The molecule has 0 amide bonds. The summed E-state index contributed by atoms with van der Waals surface area (Å²) in [5.74, 6) is 0.596. The highest BCUT2D eigenvalue weighted by molar-refractivity contribution is 5.33. The van der Waals surface area contributed by atoms with Gasteiger partial charge in [-0.3, -0.25) is 0 Å². The van der Waals surface area contributed by atoms with Crippen LogP contribution >= 0.6 is 0 Å². The third-order valence-corrected chi connectivity index (χ3v) is 2.14. The molecule has 1 N–H and O–H groups in total. The average Bonchev–Trinajstić information content (AvgIpc) is 2.49. The van der Waals surface area contributed by atoms with Crippen molar-refractivity contribution < 1.29 is 4.40 Å². The van der Waals surface area contributed by atoms with Crippen molar-refractivity contribution in [3.8, 4) is 0 Å². The molecule has 2 rings (SSSR count). The highest BCUT2D eigenvalue weighted by Gasteiger charge is 2.04. The van der Waals surface area contributed by atoms with E-state index in [0.29, 0.717) is 5.92 Å². The molecule has 2 nitrogen and oxygen atoms in total. The third-order valence-electron chi connectivity index (χ3n) is 2.14. The first-order valence-electron chi connectivity index (χ1n) is 4.25. The lowest BCUT2D eigenvalue weighted by atomic mass is 10.1. The summed E-state index contributed by atoms with van der Waals surface area (Å²) in [6.45, 7) is 4.41. The van der Waals surface area contributed by atoms with Gasteiger partial charge in [-0.25, -0.2) is 9.38 Å². The SMILES string of the molecule is CC(C)c1cc[n+]2cc[nH]c2c1. The predicted molar refractivity (Wildman–Crippen MR) is 48.0 cm³/mol. The first-order chi connectivity index (χ1) is 5.77. The molecule has 12 heavy (non-hydrogen) atoms. The van der Waals surface area contributed by atoms with Gasteiger partial charge in [0.05, 0.1) is 6.20 Å². The summed E-state index contributed by atoms with van der Waals surface area (Å²) < 4.78 is 2.08. The van der Waals surface area contributed by atoms with E-state index in [1.165, 1.54) is 5.56 Å². The fourth-order valence-electron chi connectivity index (χ4n) is 1.34. The van der Waals surface area contributed by atoms with E-state index in [1.807, 2.05) is 12.4 Å². The minimum absolute atomic E-state index is 0.596. The van der Waals surface area contributed by atoms with Crippen LogP contribution in [0.3, 0.4) is 0 Å². The van der Waals surface area contributed by atoms with Crippen molar-refractivity contribution in [1.82, 2.24) is 4.98 Å². The number of hydrogen-bond donors (Lipinski definition) is 1. The number of aromatic nitrogens is 2. The van der Waals surface area contributed by atoms with Gasteiger partial charge in [-0.1, -0.05) is 13.8 Å². The minimum Gasteiger partial charge on any atom is -0.243 e. The largest absolute Gasteiger partial charge is 0.284 e. The summed E-state index contributed by atoms with van der Waals surface area (Å²) in [5.41, 5.74) is 2.53. The number of nitrogens with one attached hydrogen (secondary N) is 1. The Kier molecular flexibility index (Phi) is 1.61. The molecular weight excluding hydrogens is 148 g/mol. The number of rotatable bonds is 1. The fraction of sp³-hybridized carbons (Fsp3) is 0.300. The van der Waals surface area contributed by atoms with E-state index in [1.54, 1.807) is 0 Å². The topological polar surface area (TPSA) is 19.9 Å². The molecule has 0 aliphatic heterocycles. The predicted octanol–water partition coefficient (Wildman–Crippen LogP) is 1.88. The molecule has 0 fully saturated rings. The van der Waals surface area contributed by atoms with Gasteiger partial charge in [0.2, 0.25) is 0 Å². The van der Waals surface area contributed by atoms with Crippen LogP contribution in [0.15, 0.2) is 30.7 Å². The third kappa shape index (κ3) is 1.09.